The minimum absolute atomic E-state index is 0.328. The highest BCUT2D eigenvalue weighted by molar-refractivity contribution is 7.10. The van der Waals surface area contributed by atoms with Crippen LogP contribution >= 0.6 is 11.3 Å². The first kappa shape index (κ1) is 7.19. The van der Waals surface area contributed by atoms with Crippen LogP contribution in [0.2, 0.25) is 0 Å². The van der Waals surface area contributed by atoms with Crippen molar-refractivity contribution in [1.29, 1.82) is 5.26 Å². The molecule has 0 fully saturated rings. The second-order valence-electron chi connectivity index (χ2n) is 1.77. The molecule has 1 rings (SSSR count). The summed E-state index contributed by atoms with van der Waals surface area (Å²) in [6, 6.07) is 2.41. The average Bonchev–Trinajstić information content (AvgIpc) is 2.34. The number of rotatable bonds is 1. The predicted molar refractivity (Wildman–Crippen MR) is 36.8 cm³/mol. The largest absolute Gasteiger partial charge is 0.312 e. The maximum atomic E-state index is 12.3. The lowest BCUT2D eigenvalue weighted by molar-refractivity contribution is 0.631. The van der Waals surface area contributed by atoms with Gasteiger partial charge in [-0.15, -0.1) is 11.3 Å². The summed E-state index contributed by atoms with van der Waals surface area (Å²) in [6.07, 6.45) is 0. The molecule has 1 heterocycles. The van der Waals surface area contributed by atoms with E-state index in [0.717, 1.165) is 11.3 Å². The molecule has 0 radical (unpaired) electrons. The Labute approximate surface area is 61.7 Å². The SMILES string of the molecule is N#CC(N)c1cc(F)cs1. The number of nitrogens with two attached hydrogens (primary N) is 1. The van der Waals surface area contributed by atoms with Crippen molar-refractivity contribution in [1.82, 2.24) is 0 Å². The Bertz CT molecular complexity index is 263. The zero-order valence-electron chi connectivity index (χ0n) is 5.04. The Morgan fingerprint density at radius 1 is 1.80 bits per heavy atom. The zero-order chi connectivity index (χ0) is 7.56. The van der Waals surface area contributed by atoms with Crippen LogP contribution in [0.3, 0.4) is 0 Å². The number of nitrogens with zero attached hydrogens (tertiary/aromatic N) is 1. The van der Waals surface area contributed by atoms with Crippen molar-refractivity contribution < 1.29 is 4.39 Å². The lowest BCUT2D eigenvalue weighted by atomic mass is 10.3. The zero-order valence-corrected chi connectivity index (χ0v) is 5.86. The van der Waals surface area contributed by atoms with Gasteiger partial charge in [0.2, 0.25) is 0 Å². The van der Waals surface area contributed by atoms with Crippen molar-refractivity contribution in [3.8, 4) is 6.07 Å². The van der Waals surface area contributed by atoms with Gasteiger partial charge in [-0.1, -0.05) is 0 Å². The van der Waals surface area contributed by atoms with E-state index in [2.05, 4.69) is 0 Å². The molecule has 0 aliphatic rings. The Balaban J connectivity index is 2.87. The van der Waals surface area contributed by atoms with E-state index in [-0.39, 0.29) is 5.82 Å². The van der Waals surface area contributed by atoms with Crippen molar-refractivity contribution in [2.75, 3.05) is 0 Å². The molecule has 0 amide bonds. The summed E-state index contributed by atoms with van der Waals surface area (Å²) in [5.41, 5.74) is 5.29. The first-order chi connectivity index (χ1) is 4.74. The van der Waals surface area contributed by atoms with Gasteiger partial charge in [0.05, 0.1) is 6.07 Å². The van der Waals surface area contributed by atoms with Crippen LogP contribution in [0.15, 0.2) is 11.4 Å². The third kappa shape index (κ3) is 1.32. The van der Waals surface area contributed by atoms with Gasteiger partial charge >= 0.3 is 0 Å². The standard InChI is InChI=1S/C6H5FN2S/c7-4-1-6(10-3-4)5(9)2-8/h1,3,5H,9H2. The lowest BCUT2D eigenvalue weighted by Crippen LogP contribution is -2.04. The fourth-order valence-electron chi connectivity index (χ4n) is 0.555. The second kappa shape index (κ2) is 2.78. The summed E-state index contributed by atoms with van der Waals surface area (Å²) in [7, 11) is 0. The maximum absolute atomic E-state index is 12.3. The summed E-state index contributed by atoms with van der Waals surface area (Å²) >= 11 is 1.16. The van der Waals surface area contributed by atoms with Gasteiger partial charge in [0.25, 0.3) is 0 Å². The molecule has 1 aromatic rings. The van der Waals surface area contributed by atoms with E-state index in [1.54, 1.807) is 0 Å². The van der Waals surface area contributed by atoms with Crippen molar-refractivity contribution in [2.45, 2.75) is 6.04 Å². The highest BCUT2D eigenvalue weighted by atomic mass is 32.1. The topological polar surface area (TPSA) is 49.8 Å². The van der Waals surface area contributed by atoms with Crippen LogP contribution in [0, 0.1) is 17.1 Å². The van der Waals surface area contributed by atoms with Gasteiger partial charge in [-0.2, -0.15) is 5.26 Å². The van der Waals surface area contributed by atoms with Gasteiger partial charge in [-0.3, -0.25) is 0 Å². The molecule has 0 aliphatic heterocycles. The fourth-order valence-corrected chi connectivity index (χ4v) is 1.25. The minimum Gasteiger partial charge on any atom is -0.312 e. The van der Waals surface area contributed by atoms with Crippen molar-refractivity contribution in [3.05, 3.63) is 22.1 Å². The Morgan fingerprint density at radius 3 is 2.90 bits per heavy atom. The minimum atomic E-state index is -0.686. The molecule has 4 heteroatoms. The molecule has 0 aromatic carbocycles. The number of nitriles is 1. The van der Waals surface area contributed by atoms with E-state index >= 15 is 0 Å². The number of halogens is 1. The number of hydrogen-bond acceptors (Lipinski definition) is 3. The molecule has 1 atom stereocenters. The highest BCUT2D eigenvalue weighted by Crippen LogP contribution is 2.18. The van der Waals surface area contributed by atoms with Crippen LogP contribution in [-0.2, 0) is 0 Å². The number of hydrogen-bond donors (Lipinski definition) is 1. The van der Waals surface area contributed by atoms with Crippen molar-refractivity contribution in [2.24, 2.45) is 5.73 Å². The molecule has 2 nitrogen and oxygen atoms in total. The summed E-state index contributed by atoms with van der Waals surface area (Å²) in [5, 5.41) is 9.63. The molecular weight excluding hydrogens is 151 g/mol. The predicted octanol–water partition coefficient (Wildman–Crippen LogP) is 1.41. The first-order valence-corrected chi connectivity index (χ1v) is 3.51. The Kier molecular flexibility index (Phi) is 2.00. The van der Waals surface area contributed by atoms with E-state index in [1.165, 1.54) is 11.4 Å². The molecule has 10 heavy (non-hydrogen) atoms. The summed E-state index contributed by atoms with van der Waals surface area (Å²) in [4.78, 5) is 0.569. The number of thiophene rings is 1. The van der Waals surface area contributed by atoms with E-state index in [0.29, 0.717) is 4.88 Å². The van der Waals surface area contributed by atoms with Crippen LogP contribution in [0.1, 0.15) is 10.9 Å². The highest BCUT2D eigenvalue weighted by Gasteiger charge is 2.06. The van der Waals surface area contributed by atoms with Gasteiger partial charge < -0.3 is 5.73 Å². The van der Waals surface area contributed by atoms with E-state index < -0.39 is 6.04 Å². The van der Waals surface area contributed by atoms with Gasteiger partial charge in [0.1, 0.15) is 11.9 Å². The summed E-state index contributed by atoms with van der Waals surface area (Å²) in [6.45, 7) is 0. The van der Waals surface area contributed by atoms with Crippen LogP contribution in [0.25, 0.3) is 0 Å². The molecular formula is C6H5FN2S. The quantitative estimate of drug-likeness (QED) is 0.668. The van der Waals surface area contributed by atoms with Crippen LogP contribution in [0.4, 0.5) is 4.39 Å². The summed E-state index contributed by atoms with van der Waals surface area (Å²) in [5.74, 6) is -0.328. The fraction of sp³-hybridized carbons (Fsp3) is 0.167. The van der Waals surface area contributed by atoms with E-state index in [9.17, 15) is 4.39 Å². The summed E-state index contributed by atoms with van der Waals surface area (Å²) < 4.78 is 12.3. The van der Waals surface area contributed by atoms with E-state index in [1.807, 2.05) is 6.07 Å². The molecule has 1 unspecified atom stereocenters. The molecule has 0 aliphatic carbocycles. The van der Waals surface area contributed by atoms with Crippen LogP contribution in [0.5, 0.6) is 0 Å². The second-order valence-corrected chi connectivity index (χ2v) is 2.72. The normalized spacial score (nSPS) is 12.5. The monoisotopic (exact) mass is 156 g/mol. The Morgan fingerprint density at radius 2 is 2.50 bits per heavy atom. The molecule has 0 spiro atoms. The molecule has 2 N–H and O–H groups in total. The lowest BCUT2D eigenvalue weighted by Gasteiger charge is -1.93. The third-order valence-electron chi connectivity index (χ3n) is 1.03. The van der Waals surface area contributed by atoms with Crippen LogP contribution < -0.4 is 5.73 Å². The Hall–Kier alpha value is -0.920. The smallest absolute Gasteiger partial charge is 0.134 e. The van der Waals surface area contributed by atoms with Gasteiger partial charge in [0.15, 0.2) is 0 Å². The van der Waals surface area contributed by atoms with Crippen molar-refractivity contribution >= 4 is 11.3 Å². The molecule has 0 bridgehead atoms. The van der Waals surface area contributed by atoms with E-state index in [4.69, 9.17) is 11.0 Å². The van der Waals surface area contributed by atoms with Gasteiger partial charge in [-0.25, -0.2) is 4.39 Å². The molecule has 52 valence electrons. The van der Waals surface area contributed by atoms with Gasteiger partial charge in [0, 0.05) is 10.3 Å². The molecule has 1 aromatic heterocycles. The molecule has 0 saturated heterocycles. The molecule has 0 saturated carbocycles. The average molecular weight is 156 g/mol. The van der Waals surface area contributed by atoms with Crippen LogP contribution in [-0.4, -0.2) is 0 Å². The first-order valence-electron chi connectivity index (χ1n) is 2.63. The maximum Gasteiger partial charge on any atom is 0.134 e. The van der Waals surface area contributed by atoms with Gasteiger partial charge in [-0.05, 0) is 6.07 Å². The third-order valence-corrected chi connectivity index (χ3v) is 2.02. The van der Waals surface area contributed by atoms with Crippen molar-refractivity contribution in [3.63, 3.8) is 0 Å².